The number of nitrogens with one attached hydrogen (secondary N) is 4. The van der Waals surface area contributed by atoms with Gasteiger partial charge in [-0.1, -0.05) is 127 Å². The molecule has 17 rings (SSSR count). The third-order valence-corrected chi connectivity index (χ3v) is 22.2. The van der Waals surface area contributed by atoms with Gasteiger partial charge in [-0.15, -0.1) is 11.3 Å². The summed E-state index contributed by atoms with van der Waals surface area (Å²) in [7, 11) is 0. The van der Waals surface area contributed by atoms with Crippen LogP contribution < -0.4 is 21.9 Å². The molecule has 0 aliphatic heterocycles. The molecule has 108 heavy (non-hydrogen) atoms. The highest BCUT2D eigenvalue weighted by atomic mass is 32.1. The van der Waals surface area contributed by atoms with Crippen molar-refractivity contribution in [2.24, 2.45) is 0 Å². The normalized spacial score (nSPS) is 25.1. The number of pyridine rings is 1. The van der Waals surface area contributed by atoms with E-state index in [4.69, 9.17) is 29.7 Å². The fourth-order valence-electron chi connectivity index (χ4n) is 15.0. The summed E-state index contributed by atoms with van der Waals surface area (Å²) in [5, 5.41) is 61.1. The number of benzene rings is 7. The van der Waals surface area contributed by atoms with E-state index in [1.54, 1.807) is 161 Å². The standard InChI is InChI=1S/C20H18F2N4O2.C20H19FN2O4.C20H19FN2O3S.C20H17FN2O3/c1-11-6-7-16(23-8-11)26-10-13(9-24-26)17-18(20(17,22)19(27)25-28)14-4-3-5-15(21)12(14)2;2*1-19(2,25)18-22-13-9-8-12(10-14(13)27-18)16-15(11-6-4-3-5-7-11)20(16,21)17(24)23-26;21-20(19(24)23-25)16(11-4-2-1-3-5-11)17(20)13-8-9-14-15(10-13)26-18(22-14)12-6-7-12/h3-10,17-18,28H,1-2H3,(H,25,27);2*3-10,15-16,25-26H,1-2H3,(H,23,24);1-5,8-10,12,16-17,25H,6-7H2,(H,23,24)/t17-,18-,20-;2*15-,16-,20+;16-,17-,20+/m1111/s1. The Hall–Kier alpha value is -11.0. The lowest BCUT2D eigenvalue weighted by molar-refractivity contribution is -0.136. The second kappa shape index (κ2) is 28.0. The lowest BCUT2D eigenvalue weighted by Gasteiger charge is -2.11. The molecule has 5 aliphatic rings. The molecular formula is C80H73F5N10O12S. The first-order chi connectivity index (χ1) is 51.5. The van der Waals surface area contributed by atoms with E-state index in [1.807, 2.05) is 49.4 Å². The minimum atomic E-state index is -2.40. The first-order valence-electron chi connectivity index (χ1n) is 34.6. The van der Waals surface area contributed by atoms with Gasteiger partial charge in [0.1, 0.15) is 33.1 Å². The quantitative estimate of drug-likeness (QED) is 0.0244. The van der Waals surface area contributed by atoms with Crippen molar-refractivity contribution in [1.29, 1.82) is 0 Å². The van der Waals surface area contributed by atoms with Gasteiger partial charge in [-0.3, -0.25) is 40.0 Å². The van der Waals surface area contributed by atoms with Crippen molar-refractivity contribution in [1.82, 2.24) is 51.6 Å². The van der Waals surface area contributed by atoms with Crippen molar-refractivity contribution in [2.75, 3.05) is 0 Å². The third kappa shape index (κ3) is 13.2. The topological polar surface area (TPSA) is 333 Å². The fraction of sp³-hybridized carbons (Fsp3) is 0.287. The Labute approximate surface area is 617 Å². The maximum absolute atomic E-state index is 15.6. The van der Waals surface area contributed by atoms with Crippen molar-refractivity contribution in [2.45, 2.75) is 142 Å². The summed E-state index contributed by atoms with van der Waals surface area (Å²) in [5.74, 6) is -8.99. The molecule has 12 aromatic rings. The van der Waals surface area contributed by atoms with E-state index in [1.165, 1.54) is 63.2 Å². The van der Waals surface area contributed by atoms with Gasteiger partial charge in [0, 0.05) is 65.7 Å². The smallest absolute Gasteiger partial charge is 0.282 e. The molecule has 4 amide bonds. The van der Waals surface area contributed by atoms with Crippen LogP contribution in [-0.4, -0.2) is 107 Å². The highest BCUT2D eigenvalue weighted by molar-refractivity contribution is 7.18. The van der Waals surface area contributed by atoms with E-state index in [2.05, 4.69) is 25.0 Å². The molecule has 28 heteroatoms. The Morgan fingerprint density at radius 1 is 0.491 bits per heavy atom. The van der Waals surface area contributed by atoms with Crippen LogP contribution in [0, 0.1) is 19.7 Å². The Balaban J connectivity index is 0.000000121. The third-order valence-electron chi connectivity index (χ3n) is 20.8. The monoisotopic (exact) mass is 1490 g/mol. The number of carbonyl (C=O) groups is 4. The maximum atomic E-state index is 15.6. The fourth-order valence-corrected chi connectivity index (χ4v) is 16.0. The SMILES string of the molecule is CC(C)(O)c1nc2ccc([C@@H]3[C@@H](c4ccccc4)[C@@]3(F)C(=O)NO)cc2o1.CC(C)(O)c1nc2ccc([C@@H]3[C@@H](c4ccccc4)[C@@]3(F)C(=O)NO)cc2s1.Cc1ccc(-n2cc([C@@H]3[C@@H](c4cccc(F)c4C)[C@@]3(F)C(=O)NO)cn2)nc1.O=C(NO)[C@]1(F)[C@H](c2ccccc2)[C@H]1c1ccc2nc(C3CC3)oc2c1. The second-order valence-corrected chi connectivity index (χ2v) is 29.9. The average molecular weight is 1490 g/mol. The van der Waals surface area contributed by atoms with Crippen LogP contribution in [0.25, 0.3) is 38.2 Å². The zero-order valence-electron chi connectivity index (χ0n) is 58.7. The number of nitrogens with zero attached hydrogens (tertiary/aromatic N) is 6. The van der Waals surface area contributed by atoms with Crippen molar-refractivity contribution in [3.8, 4) is 5.82 Å². The Morgan fingerprint density at radius 3 is 1.39 bits per heavy atom. The van der Waals surface area contributed by atoms with Crippen LogP contribution >= 0.6 is 11.3 Å². The molecule has 5 saturated carbocycles. The summed E-state index contributed by atoms with van der Waals surface area (Å²) in [4.78, 5) is 65.7. The summed E-state index contributed by atoms with van der Waals surface area (Å²) < 4.78 is 90.0. The van der Waals surface area contributed by atoms with Gasteiger partial charge in [0.05, 0.1) is 16.4 Å². The highest BCUT2D eigenvalue weighted by Crippen LogP contribution is 2.70. The molecule has 0 bridgehead atoms. The van der Waals surface area contributed by atoms with Gasteiger partial charge in [-0.2, -0.15) is 5.10 Å². The van der Waals surface area contributed by atoms with E-state index in [0.29, 0.717) is 77.9 Å². The summed E-state index contributed by atoms with van der Waals surface area (Å²) in [5.41, 5.74) is 3.50. The van der Waals surface area contributed by atoms with E-state index >= 15 is 17.6 Å². The number of hydroxylamine groups is 4. The van der Waals surface area contributed by atoms with Gasteiger partial charge in [0.15, 0.2) is 22.9 Å². The van der Waals surface area contributed by atoms with E-state index in [-0.39, 0.29) is 11.5 Å². The van der Waals surface area contributed by atoms with Crippen LogP contribution in [0.2, 0.25) is 0 Å². The molecule has 5 aromatic heterocycles. The second-order valence-electron chi connectivity index (χ2n) is 28.9. The van der Waals surface area contributed by atoms with E-state index in [9.17, 15) is 33.8 Å². The molecule has 12 atom stereocenters. The van der Waals surface area contributed by atoms with Gasteiger partial charge >= 0.3 is 0 Å². The Bertz CT molecular complexity index is 5240. The first kappa shape index (κ1) is 73.9. The van der Waals surface area contributed by atoms with Crippen LogP contribution in [0.1, 0.15) is 166 Å². The van der Waals surface area contributed by atoms with Gasteiger partial charge in [0.25, 0.3) is 23.6 Å². The van der Waals surface area contributed by atoms with Crippen molar-refractivity contribution < 1.29 is 81.0 Å². The number of aliphatic hydroxyl groups is 2. The zero-order valence-corrected chi connectivity index (χ0v) is 59.5. The lowest BCUT2D eigenvalue weighted by atomic mass is 10.0. The largest absolute Gasteiger partial charge is 0.440 e. The number of aryl methyl sites for hydroxylation is 1. The average Bonchev–Trinajstić information content (AvgIpc) is 1.53. The molecule has 0 saturated heterocycles. The summed E-state index contributed by atoms with van der Waals surface area (Å²) in [6.07, 6.45) is 6.91. The molecular weight excluding hydrogens is 1420 g/mol. The van der Waals surface area contributed by atoms with Crippen LogP contribution in [0.3, 0.4) is 0 Å². The number of thiazole rings is 1. The molecule has 10 N–H and O–H groups in total. The molecule has 22 nitrogen and oxygen atoms in total. The minimum absolute atomic E-state index is 0.157. The highest BCUT2D eigenvalue weighted by Gasteiger charge is 2.75. The molecule has 5 heterocycles. The molecule has 7 aromatic carbocycles. The maximum Gasteiger partial charge on any atom is 0.282 e. The van der Waals surface area contributed by atoms with Gasteiger partial charge in [0.2, 0.25) is 28.6 Å². The molecule has 5 aliphatic carbocycles. The number of aromatic nitrogens is 6. The summed E-state index contributed by atoms with van der Waals surface area (Å²) >= 11 is 1.34. The Morgan fingerprint density at radius 2 is 0.935 bits per heavy atom. The molecule has 0 spiro atoms. The number of amides is 4. The zero-order chi connectivity index (χ0) is 76.7. The van der Waals surface area contributed by atoms with Crippen LogP contribution in [0.15, 0.2) is 203 Å². The van der Waals surface area contributed by atoms with Crippen LogP contribution in [-0.2, 0) is 30.4 Å². The first-order valence-corrected chi connectivity index (χ1v) is 35.4. The van der Waals surface area contributed by atoms with E-state index in [0.717, 1.165) is 40.1 Å². The molecule has 556 valence electrons. The minimum Gasteiger partial charge on any atom is -0.440 e. The lowest BCUT2D eigenvalue weighted by Crippen LogP contribution is -2.33. The predicted octanol–water partition coefficient (Wildman–Crippen LogP) is 13.7. The van der Waals surface area contributed by atoms with Crippen molar-refractivity contribution in [3.05, 3.63) is 273 Å². The van der Waals surface area contributed by atoms with Crippen molar-refractivity contribution in [3.63, 3.8) is 0 Å². The van der Waals surface area contributed by atoms with Gasteiger partial charge in [-0.25, -0.2) is 68.5 Å². The number of rotatable bonds is 16. The molecule has 0 unspecified atom stereocenters. The number of alkyl halides is 4. The van der Waals surface area contributed by atoms with Crippen LogP contribution in [0.5, 0.6) is 0 Å². The number of fused-ring (bicyclic) bond motifs is 3. The number of hydrogen-bond acceptors (Lipinski definition) is 18. The molecule has 5 fully saturated rings. The molecule has 0 radical (unpaired) electrons. The summed E-state index contributed by atoms with van der Waals surface area (Å²) in [6, 6.07) is 50.6. The summed E-state index contributed by atoms with van der Waals surface area (Å²) in [6.45, 7) is 9.89. The van der Waals surface area contributed by atoms with E-state index < -0.39 is 111 Å². The van der Waals surface area contributed by atoms with Gasteiger partial charge in [-0.05, 0) is 159 Å². The predicted molar refractivity (Wildman–Crippen MR) is 384 cm³/mol. The number of hydrogen-bond donors (Lipinski definition) is 10. The van der Waals surface area contributed by atoms with Crippen LogP contribution in [0.4, 0.5) is 22.0 Å². The number of carbonyl (C=O) groups excluding carboxylic acids is 4. The number of halogens is 5. The van der Waals surface area contributed by atoms with Gasteiger partial charge < -0.3 is 19.0 Å². The Kier molecular flexibility index (Phi) is 19.1. The number of oxazole rings is 2. The van der Waals surface area contributed by atoms with Crippen molar-refractivity contribution >= 4 is 67.4 Å².